The Morgan fingerprint density at radius 3 is 2.82 bits per heavy atom. The zero-order valence-electron chi connectivity index (χ0n) is 10.0. The van der Waals surface area contributed by atoms with Gasteiger partial charge in [0.25, 0.3) is 5.91 Å². The Labute approximate surface area is 104 Å². The van der Waals surface area contributed by atoms with Crippen LogP contribution in [0.5, 0.6) is 0 Å². The number of nitrogens with one attached hydrogen (secondary N) is 1. The number of carbonyl (C=O) groups excluding carboxylic acids is 1. The average molecular weight is 250 g/mol. The van der Waals surface area contributed by atoms with Crippen molar-refractivity contribution < 1.29 is 9.53 Å². The van der Waals surface area contributed by atoms with Gasteiger partial charge < -0.3 is 4.74 Å². The highest BCUT2D eigenvalue weighted by Gasteiger charge is 2.08. The van der Waals surface area contributed by atoms with E-state index in [4.69, 9.17) is 4.74 Å². The highest BCUT2D eigenvalue weighted by atomic mass is 32.1. The topological polar surface area (TPSA) is 51.2 Å². The number of thiazole rings is 1. The van der Waals surface area contributed by atoms with E-state index in [0.29, 0.717) is 5.13 Å². The summed E-state index contributed by atoms with van der Waals surface area (Å²) in [5.74, 6) is -0.181. The first-order valence-electron chi connectivity index (χ1n) is 5.26. The molecule has 0 unspecified atom stereocenters. The summed E-state index contributed by atoms with van der Waals surface area (Å²) >= 11 is 1.48. The van der Waals surface area contributed by atoms with Gasteiger partial charge in [-0.1, -0.05) is 11.3 Å². The van der Waals surface area contributed by atoms with Crippen LogP contribution in [-0.4, -0.2) is 24.6 Å². The van der Waals surface area contributed by atoms with Crippen molar-refractivity contribution in [2.24, 2.45) is 0 Å². The fraction of sp³-hybridized carbons (Fsp3) is 0.333. The number of methoxy groups -OCH3 is 1. The van der Waals surface area contributed by atoms with E-state index in [1.807, 2.05) is 6.07 Å². The Bertz CT molecular complexity index is 524. The standard InChI is InChI=1S/C12H14N2O2S/c1-7-4-9-10(5-8(7)2)17-12(13-9)14-11(15)6-16-3/h4-5H,6H2,1-3H3,(H,13,14,15). The van der Waals surface area contributed by atoms with Gasteiger partial charge in [-0.3, -0.25) is 10.1 Å². The number of hydrogen-bond acceptors (Lipinski definition) is 4. The molecule has 0 radical (unpaired) electrons. The van der Waals surface area contributed by atoms with Crippen molar-refractivity contribution in [1.29, 1.82) is 0 Å². The highest BCUT2D eigenvalue weighted by Crippen LogP contribution is 2.28. The number of hydrogen-bond donors (Lipinski definition) is 1. The molecule has 0 fully saturated rings. The minimum Gasteiger partial charge on any atom is -0.375 e. The fourth-order valence-electron chi connectivity index (χ4n) is 1.52. The molecule has 2 rings (SSSR count). The number of aryl methyl sites for hydroxylation is 2. The van der Waals surface area contributed by atoms with E-state index in [-0.39, 0.29) is 12.5 Å². The van der Waals surface area contributed by atoms with Gasteiger partial charge in [-0.05, 0) is 37.1 Å². The molecule has 17 heavy (non-hydrogen) atoms. The summed E-state index contributed by atoms with van der Waals surface area (Å²) in [4.78, 5) is 15.7. The van der Waals surface area contributed by atoms with Gasteiger partial charge in [0.1, 0.15) is 6.61 Å². The maximum atomic E-state index is 11.4. The van der Waals surface area contributed by atoms with E-state index in [2.05, 4.69) is 30.2 Å². The summed E-state index contributed by atoms with van der Waals surface area (Å²) in [5.41, 5.74) is 3.36. The van der Waals surface area contributed by atoms with Crippen LogP contribution in [-0.2, 0) is 9.53 Å². The molecule has 0 spiro atoms. The van der Waals surface area contributed by atoms with Crippen LogP contribution in [0.15, 0.2) is 12.1 Å². The number of anilines is 1. The van der Waals surface area contributed by atoms with E-state index in [9.17, 15) is 4.79 Å². The van der Waals surface area contributed by atoms with E-state index in [1.165, 1.54) is 29.6 Å². The summed E-state index contributed by atoms with van der Waals surface area (Å²) in [7, 11) is 1.49. The first-order chi connectivity index (χ1) is 8.10. The summed E-state index contributed by atoms with van der Waals surface area (Å²) in [6, 6.07) is 4.13. The van der Waals surface area contributed by atoms with Crippen molar-refractivity contribution in [3.63, 3.8) is 0 Å². The fourth-order valence-corrected chi connectivity index (χ4v) is 2.48. The van der Waals surface area contributed by atoms with Gasteiger partial charge >= 0.3 is 0 Å². The molecule has 0 atom stereocenters. The van der Waals surface area contributed by atoms with Crippen LogP contribution in [0.3, 0.4) is 0 Å². The van der Waals surface area contributed by atoms with Gasteiger partial charge in [0.05, 0.1) is 10.2 Å². The third kappa shape index (κ3) is 2.62. The molecule has 0 aliphatic rings. The molecule has 2 aromatic rings. The van der Waals surface area contributed by atoms with Crippen molar-refractivity contribution in [1.82, 2.24) is 4.98 Å². The molecule has 0 aliphatic carbocycles. The molecule has 90 valence electrons. The number of rotatable bonds is 3. The van der Waals surface area contributed by atoms with Crippen molar-refractivity contribution in [3.8, 4) is 0 Å². The smallest absolute Gasteiger partial charge is 0.252 e. The summed E-state index contributed by atoms with van der Waals surface area (Å²) in [6.07, 6.45) is 0. The third-order valence-electron chi connectivity index (χ3n) is 2.53. The lowest BCUT2D eigenvalue weighted by Gasteiger charge is -1.98. The molecule has 1 amide bonds. The van der Waals surface area contributed by atoms with Crippen LogP contribution < -0.4 is 5.32 Å². The van der Waals surface area contributed by atoms with Crippen LogP contribution in [0.1, 0.15) is 11.1 Å². The monoisotopic (exact) mass is 250 g/mol. The maximum Gasteiger partial charge on any atom is 0.252 e. The van der Waals surface area contributed by atoms with Crippen LogP contribution in [0.2, 0.25) is 0 Å². The molecule has 4 nitrogen and oxygen atoms in total. The number of carbonyl (C=O) groups is 1. The molecule has 1 aromatic heterocycles. The second kappa shape index (κ2) is 4.81. The Morgan fingerprint density at radius 2 is 2.12 bits per heavy atom. The quantitative estimate of drug-likeness (QED) is 0.910. The summed E-state index contributed by atoms with van der Waals surface area (Å²) in [5, 5.41) is 3.33. The highest BCUT2D eigenvalue weighted by molar-refractivity contribution is 7.22. The first kappa shape index (κ1) is 12.0. The molecule has 1 heterocycles. The number of fused-ring (bicyclic) bond motifs is 1. The molecule has 1 N–H and O–H groups in total. The lowest BCUT2D eigenvalue weighted by molar-refractivity contribution is -0.119. The van der Waals surface area contributed by atoms with Crippen molar-refractivity contribution in [3.05, 3.63) is 23.3 Å². The molecule has 0 saturated heterocycles. The van der Waals surface area contributed by atoms with Crippen LogP contribution in [0, 0.1) is 13.8 Å². The number of aromatic nitrogens is 1. The van der Waals surface area contributed by atoms with Crippen molar-refractivity contribution in [2.45, 2.75) is 13.8 Å². The SMILES string of the molecule is COCC(=O)Nc1nc2cc(C)c(C)cc2s1. The Balaban J connectivity index is 2.29. The molecule has 5 heteroatoms. The number of nitrogens with zero attached hydrogens (tertiary/aromatic N) is 1. The number of ether oxygens (including phenoxy) is 1. The maximum absolute atomic E-state index is 11.4. The largest absolute Gasteiger partial charge is 0.375 e. The molecule has 0 saturated carbocycles. The Morgan fingerprint density at radius 1 is 1.41 bits per heavy atom. The Hall–Kier alpha value is -1.46. The predicted octanol–water partition coefficient (Wildman–Crippen LogP) is 2.50. The lowest BCUT2D eigenvalue weighted by atomic mass is 10.1. The second-order valence-corrected chi connectivity index (χ2v) is 4.94. The van der Waals surface area contributed by atoms with Crippen LogP contribution in [0.25, 0.3) is 10.2 Å². The van der Waals surface area contributed by atoms with Gasteiger partial charge in [0.2, 0.25) is 0 Å². The van der Waals surface area contributed by atoms with Crippen LogP contribution >= 0.6 is 11.3 Å². The predicted molar refractivity (Wildman–Crippen MR) is 69.6 cm³/mol. The summed E-state index contributed by atoms with van der Waals surface area (Å²) in [6.45, 7) is 4.17. The first-order valence-corrected chi connectivity index (χ1v) is 6.08. The van der Waals surface area contributed by atoms with E-state index < -0.39 is 0 Å². The van der Waals surface area contributed by atoms with Gasteiger partial charge in [-0.25, -0.2) is 4.98 Å². The van der Waals surface area contributed by atoms with Crippen LogP contribution in [0.4, 0.5) is 5.13 Å². The van der Waals surface area contributed by atoms with Crippen molar-refractivity contribution >= 4 is 32.6 Å². The normalized spacial score (nSPS) is 10.8. The second-order valence-electron chi connectivity index (χ2n) is 3.90. The van der Waals surface area contributed by atoms with Crippen molar-refractivity contribution in [2.75, 3.05) is 19.0 Å². The lowest BCUT2D eigenvalue weighted by Crippen LogP contribution is -2.16. The average Bonchev–Trinajstić information content (AvgIpc) is 2.60. The van der Waals surface area contributed by atoms with Gasteiger partial charge in [-0.2, -0.15) is 0 Å². The van der Waals surface area contributed by atoms with E-state index in [1.54, 1.807) is 0 Å². The zero-order valence-corrected chi connectivity index (χ0v) is 10.9. The summed E-state index contributed by atoms with van der Waals surface area (Å²) < 4.78 is 5.84. The minimum atomic E-state index is -0.181. The number of amides is 1. The third-order valence-corrected chi connectivity index (χ3v) is 3.46. The molecule has 0 bridgehead atoms. The zero-order chi connectivity index (χ0) is 12.4. The number of benzene rings is 1. The molecular formula is C12H14N2O2S. The molecular weight excluding hydrogens is 236 g/mol. The minimum absolute atomic E-state index is 0.0496. The van der Waals surface area contributed by atoms with E-state index in [0.717, 1.165) is 10.2 Å². The van der Waals surface area contributed by atoms with Gasteiger partial charge in [0.15, 0.2) is 5.13 Å². The molecule has 1 aromatic carbocycles. The molecule has 0 aliphatic heterocycles. The van der Waals surface area contributed by atoms with E-state index >= 15 is 0 Å². The van der Waals surface area contributed by atoms with Gasteiger partial charge in [0, 0.05) is 7.11 Å². The Kier molecular flexibility index (Phi) is 3.40. The van der Waals surface area contributed by atoms with Gasteiger partial charge in [-0.15, -0.1) is 0 Å².